The van der Waals surface area contributed by atoms with Crippen molar-refractivity contribution in [3.05, 3.63) is 29.8 Å². The second-order valence-electron chi connectivity index (χ2n) is 6.06. The van der Waals surface area contributed by atoms with Gasteiger partial charge in [0.2, 0.25) is 0 Å². The van der Waals surface area contributed by atoms with Gasteiger partial charge in [0.25, 0.3) is 16.0 Å². The first-order valence-corrected chi connectivity index (χ1v) is 9.29. The van der Waals surface area contributed by atoms with Crippen LogP contribution in [-0.2, 0) is 19.0 Å². The molecule has 1 aliphatic rings. The molecule has 0 aromatic heterocycles. The van der Waals surface area contributed by atoms with E-state index in [0.717, 1.165) is 10.5 Å². The van der Waals surface area contributed by atoms with Crippen LogP contribution in [0.1, 0.15) is 18.9 Å². The largest absolute Gasteiger partial charge is 0.450 e. The average molecular weight is 377 g/mol. The van der Waals surface area contributed by atoms with E-state index < -0.39 is 47.6 Å². The third-order valence-electron chi connectivity index (χ3n) is 3.78. The van der Waals surface area contributed by atoms with Gasteiger partial charge in [0.05, 0.1) is 24.7 Å². The van der Waals surface area contributed by atoms with Gasteiger partial charge < -0.3 is 9.64 Å². The maximum absolute atomic E-state index is 13.8. The molecule has 0 saturated carbocycles. The van der Waals surface area contributed by atoms with Crippen LogP contribution in [0.4, 0.5) is 13.6 Å². The first kappa shape index (κ1) is 19.6. The maximum Gasteiger partial charge on any atom is 0.409 e. The molecule has 1 amide bonds. The molecule has 140 valence electrons. The lowest BCUT2D eigenvalue weighted by molar-refractivity contribution is -0.0849. The maximum atomic E-state index is 13.8. The zero-order valence-electron chi connectivity index (χ0n) is 14.1. The second kappa shape index (κ2) is 7.65. The molecule has 1 heterocycles. The Bertz CT molecular complexity index is 706. The van der Waals surface area contributed by atoms with Crippen molar-refractivity contribution < 1.29 is 30.9 Å². The van der Waals surface area contributed by atoms with E-state index in [-0.39, 0.29) is 18.0 Å². The Morgan fingerprint density at radius 1 is 1.32 bits per heavy atom. The minimum atomic E-state index is -4.04. The second-order valence-corrected chi connectivity index (χ2v) is 7.67. The predicted octanol–water partition coefficient (Wildman–Crippen LogP) is 2.81. The summed E-state index contributed by atoms with van der Waals surface area (Å²) in [5, 5.41) is 0. The van der Waals surface area contributed by atoms with Gasteiger partial charge in [-0.05, 0) is 26.0 Å². The number of amides is 1. The summed E-state index contributed by atoms with van der Waals surface area (Å²) in [7, 11) is -4.04. The fourth-order valence-corrected chi connectivity index (χ4v) is 3.61. The fourth-order valence-electron chi connectivity index (χ4n) is 2.63. The smallest absolute Gasteiger partial charge is 0.409 e. The standard InChI is InChI=1S/C16H21F2NO5S/c1-3-23-15(20)19-9-13(8-16(17,18)11-19)10-24-25(21,22)14-6-4-12(2)5-7-14/h4-7,13H,3,8-11H2,1-2H3. The fraction of sp³-hybridized carbons (Fsp3) is 0.562. The van der Waals surface area contributed by atoms with Crippen LogP contribution in [0.5, 0.6) is 0 Å². The van der Waals surface area contributed by atoms with Crippen molar-refractivity contribution >= 4 is 16.2 Å². The molecule has 25 heavy (non-hydrogen) atoms. The summed E-state index contributed by atoms with van der Waals surface area (Å²) in [5.41, 5.74) is 0.885. The molecule has 0 bridgehead atoms. The number of halogens is 2. The van der Waals surface area contributed by atoms with Crippen molar-refractivity contribution in [2.75, 3.05) is 26.3 Å². The number of alkyl halides is 2. The van der Waals surface area contributed by atoms with Gasteiger partial charge >= 0.3 is 6.09 Å². The molecule has 1 fully saturated rings. The molecule has 0 N–H and O–H groups in total. The zero-order chi connectivity index (χ0) is 18.7. The monoisotopic (exact) mass is 377 g/mol. The number of aryl methyl sites for hydroxylation is 1. The highest BCUT2D eigenvalue weighted by Crippen LogP contribution is 2.31. The van der Waals surface area contributed by atoms with Gasteiger partial charge in [-0.15, -0.1) is 0 Å². The highest BCUT2D eigenvalue weighted by Gasteiger charge is 2.43. The highest BCUT2D eigenvalue weighted by atomic mass is 32.2. The molecule has 1 aromatic rings. The molecule has 1 aliphatic heterocycles. The van der Waals surface area contributed by atoms with E-state index in [1.165, 1.54) is 12.1 Å². The number of ether oxygens (including phenoxy) is 1. The van der Waals surface area contributed by atoms with E-state index in [9.17, 15) is 22.0 Å². The number of carbonyl (C=O) groups is 1. The molecular weight excluding hydrogens is 356 g/mol. The van der Waals surface area contributed by atoms with Crippen LogP contribution in [-0.4, -0.2) is 51.6 Å². The molecule has 0 aliphatic carbocycles. The molecule has 0 spiro atoms. The SMILES string of the molecule is CCOC(=O)N1CC(COS(=O)(=O)c2ccc(C)cc2)CC(F)(F)C1. The molecule has 9 heteroatoms. The van der Waals surface area contributed by atoms with Crippen molar-refractivity contribution in [1.82, 2.24) is 4.90 Å². The van der Waals surface area contributed by atoms with Crippen LogP contribution in [0.3, 0.4) is 0 Å². The van der Waals surface area contributed by atoms with Crippen LogP contribution in [0.2, 0.25) is 0 Å². The summed E-state index contributed by atoms with van der Waals surface area (Å²) in [6, 6.07) is 6.02. The van der Waals surface area contributed by atoms with Gasteiger partial charge in [0.1, 0.15) is 0 Å². The Labute approximate surface area is 145 Å². The summed E-state index contributed by atoms with van der Waals surface area (Å²) >= 11 is 0. The van der Waals surface area contributed by atoms with Gasteiger partial charge in [-0.3, -0.25) is 4.18 Å². The minimum Gasteiger partial charge on any atom is -0.450 e. The van der Waals surface area contributed by atoms with Crippen molar-refractivity contribution in [3.8, 4) is 0 Å². The zero-order valence-corrected chi connectivity index (χ0v) is 14.9. The number of rotatable bonds is 5. The topological polar surface area (TPSA) is 72.9 Å². The number of piperidine rings is 1. The minimum absolute atomic E-state index is 0.0390. The van der Waals surface area contributed by atoms with Gasteiger partial charge in [0, 0.05) is 18.9 Å². The number of hydrogen-bond acceptors (Lipinski definition) is 5. The Kier molecular flexibility index (Phi) is 5.99. The van der Waals surface area contributed by atoms with E-state index in [2.05, 4.69) is 0 Å². The molecule has 0 radical (unpaired) electrons. The van der Waals surface area contributed by atoms with E-state index in [1.54, 1.807) is 19.1 Å². The van der Waals surface area contributed by atoms with Crippen LogP contribution in [0, 0.1) is 12.8 Å². The summed E-state index contributed by atoms with van der Waals surface area (Å²) in [6.07, 6.45) is -1.39. The van der Waals surface area contributed by atoms with Crippen molar-refractivity contribution in [2.45, 2.75) is 31.1 Å². The summed E-state index contributed by atoms with van der Waals surface area (Å²) in [5.74, 6) is -3.93. The molecule has 1 saturated heterocycles. The Morgan fingerprint density at radius 2 is 1.96 bits per heavy atom. The molecule has 1 unspecified atom stereocenters. The number of likely N-dealkylation sites (tertiary alicyclic amines) is 1. The lowest BCUT2D eigenvalue weighted by atomic mass is 9.96. The van der Waals surface area contributed by atoms with Crippen LogP contribution < -0.4 is 0 Å². The summed E-state index contributed by atoms with van der Waals surface area (Å²) in [4.78, 5) is 12.5. The van der Waals surface area contributed by atoms with Crippen molar-refractivity contribution in [1.29, 1.82) is 0 Å². The number of nitrogens with zero attached hydrogens (tertiary/aromatic N) is 1. The van der Waals surface area contributed by atoms with Gasteiger partial charge in [0.15, 0.2) is 0 Å². The van der Waals surface area contributed by atoms with E-state index in [4.69, 9.17) is 8.92 Å². The van der Waals surface area contributed by atoms with Gasteiger partial charge in [-0.1, -0.05) is 17.7 Å². The Hall–Kier alpha value is -1.74. The Balaban J connectivity index is 2.03. The van der Waals surface area contributed by atoms with Gasteiger partial charge in [-0.25, -0.2) is 13.6 Å². The average Bonchev–Trinajstić information content (AvgIpc) is 2.52. The van der Waals surface area contributed by atoms with Crippen molar-refractivity contribution in [3.63, 3.8) is 0 Å². The molecule has 2 rings (SSSR count). The lowest BCUT2D eigenvalue weighted by Crippen LogP contribution is -2.50. The quantitative estimate of drug-likeness (QED) is 0.738. The van der Waals surface area contributed by atoms with E-state index >= 15 is 0 Å². The lowest BCUT2D eigenvalue weighted by Gasteiger charge is -2.36. The molecule has 1 aromatic carbocycles. The van der Waals surface area contributed by atoms with Gasteiger partial charge in [-0.2, -0.15) is 8.42 Å². The number of benzene rings is 1. The summed E-state index contributed by atoms with van der Waals surface area (Å²) in [6.45, 7) is 2.25. The molecule has 6 nitrogen and oxygen atoms in total. The van der Waals surface area contributed by atoms with E-state index in [0.29, 0.717) is 0 Å². The predicted molar refractivity (Wildman–Crippen MR) is 86.0 cm³/mol. The third kappa shape index (κ3) is 5.37. The van der Waals surface area contributed by atoms with Crippen molar-refractivity contribution in [2.24, 2.45) is 5.92 Å². The highest BCUT2D eigenvalue weighted by molar-refractivity contribution is 7.86. The molecule has 1 atom stereocenters. The number of hydrogen-bond donors (Lipinski definition) is 0. The summed E-state index contributed by atoms with van der Waals surface area (Å²) < 4.78 is 61.7. The third-order valence-corrected chi connectivity index (χ3v) is 5.08. The van der Waals surface area contributed by atoms with E-state index in [1.807, 2.05) is 6.92 Å². The first-order valence-electron chi connectivity index (χ1n) is 7.88. The Morgan fingerprint density at radius 3 is 2.56 bits per heavy atom. The number of carbonyl (C=O) groups excluding carboxylic acids is 1. The van der Waals surface area contributed by atoms with Crippen LogP contribution in [0.25, 0.3) is 0 Å². The molecular formula is C16H21F2NO5S. The van der Waals surface area contributed by atoms with Crippen LogP contribution >= 0.6 is 0 Å². The van der Waals surface area contributed by atoms with Crippen LogP contribution in [0.15, 0.2) is 29.2 Å². The normalized spacial score (nSPS) is 20.3. The first-order chi connectivity index (χ1) is 11.6.